The second kappa shape index (κ2) is 10.6. The molecular weight excluding hydrogens is 355 g/mol. The number of hydrogen-bond acceptors (Lipinski definition) is 2. The summed E-state index contributed by atoms with van der Waals surface area (Å²) in [6.45, 7) is 28.8. The first-order valence-corrected chi connectivity index (χ1v) is 8.79. The summed E-state index contributed by atoms with van der Waals surface area (Å²) in [5.74, 6) is 1.77. The van der Waals surface area contributed by atoms with Crippen molar-refractivity contribution >= 4 is 11.7 Å². The van der Waals surface area contributed by atoms with E-state index in [0.717, 1.165) is 11.7 Å². The Morgan fingerprint density at radius 2 is 0.720 bits per heavy atom. The SMILES string of the molecule is CC(=NC(C)(C)C)[N-]C(C)(C)C.CC(=NC(C)(C)C)[N-]C(C)(C)C.[Co+2]. The van der Waals surface area contributed by atoms with Crippen LogP contribution in [0.25, 0.3) is 10.6 Å². The molecule has 0 atom stereocenters. The van der Waals surface area contributed by atoms with E-state index in [1.54, 1.807) is 0 Å². The molecule has 1 radical (unpaired) electrons. The molecule has 0 saturated carbocycles. The van der Waals surface area contributed by atoms with Gasteiger partial charge < -0.3 is 20.6 Å². The van der Waals surface area contributed by atoms with Crippen molar-refractivity contribution in [1.82, 2.24) is 0 Å². The third-order valence-corrected chi connectivity index (χ3v) is 1.99. The normalized spacial score (nSPS) is 14.2. The molecule has 0 aromatic heterocycles. The van der Waals surface area contributed by atoms with Gasteiger partial charge in [-0.2, -0.15) is 0 Å². The number of aliphatic imine (C=N–C) groups is 2. The number of hydrogen-bond donors (Lipinski definition) is 0. The van der Waals surface area contributed by atoms with Gasteiger partial charge in [0.1, 0.15) is 0 Å². The Kier molecular flexibility index (Phi) is 12.3. The Hall–Kier alpha value is -0.554. The quantitative estimate of drug-likeness (QED) is 0.321. The summed E-state index contributed by atoms with van der Waals surface area (Å²) >= 11 is 0. The van der Waals surface area contributed by atoms with Gasteiger partial charge in [-0.05, 0) is 36.0 Å². The summed E-state index contributed by atoms with van der Waals surface area (Å²) in [5, 5.41) is 8.89. The monoisotopic (exact) mass is 397 g/mol. The molecule has 0 heterocycles. The molecule has 0 fully saturated rings. The maximum absolute atomic E-state index is 4.44. The molecule has 25 heavy (non-hydrogen) atoms. The third kappa shape index (κ3) is 28.5. The number of rotatable bonds is 0. The van der Waals surface area contributed by atoms with Gasteiger partial charge in [0.2, 0.25) is 0 Å². The Bertz CT molecular complexity index is 383. The van der Waals surface area contributed by atoms with Crippen LogP contribution in [0.4, 0.5) is 0 Å². The van der Waals surface area contributed by atoms with Crippen LogP contribution in [-0.4, -0.2) is 33.8 Å². The van der Waals surface area contributed by atoms with E-state index in [1.807, 2.05) is 13.8 Å². The van der Waals surface area contributed by atoms with E-state index in [2.05, 4.69) is 104 Å². The first kappa shape index (κ1) is 29.2. The Morgan fingerprint density at radius 1 is 0.520 bits per heavy atom. The summed E-state index contributed by atoms with van der Waals surface area (Å²) < 4.78 is 0. The van der Waals surface area contributed by atoms with Gasteiger partial charge in [0.25, 0.3) is 0 Å². The molecule has 0 N–H and O–H groups in total. The average molecular weight is 398 g/mol. The molecule has 151 valence electrons. The van der Waals surface area contributed by atoms with Crippen LogP contribution < -0.4 is 0 Å². The van der Waals surface area contributed by atoms with Crippen LogP contribution in [0.2, 0.25) is 0 Å². The van der Waals surface area contributed by atoms with Gasteiger partial charge in [-0.25, -0.2) is 0 Å². The van der Waals surface area contributed by atoms with E-state index in [1.165, 1.54) is 0 Å². The van der Waals surface area contributed by atoms with E-state index in [-0.39, 0.29) is 38.9 Å². The van der Waals surface area contributed by atoms with Crippen molar-refractivity contribution in [3.63, 3.8) is 0 Å². The average Bonchev–Trinajstić information content (AvgIpc) is 2.02. The molecule has 0 rings (SSSR count). The molecular formula is C20H42CoN4. The van der Waals surface area contributed by atoms with Crippen LogP contribution in [0.3, 0.4) is 0 Å². The van der Waals surface area contributed by atoms with Crippen LogP contribution in [0, 0.1) is 0 Å². The van der Waals surface area contributed by atoms with Gasteiger partial charge in [0, 0.05) is 0 Å². The summed E-state index contributed by atoms with van der Waals surface area (Å²) in [6, 6.07) is 0. The fourth-order valence-electron chi connectivity index (χ4n) is 1.99. The number of nitrogens with zero attached hydrogens (tertiary/aromatic N) is 4. The minimum atomic E-state index is -0.0150. The summed E-state index contributed by atoms with van der Waals surface area (Å²) in [6.07, 6.45) is 0. The van der Waals surface area contributed by atoms with Crippen LogP contribution in [0.1, 0.15) is 96.9 Å². The fourth-order valence-corrected chi connectivity index (χ4v) is 1.99. The second-order valence-electron chi connectivity index (χ2n) is 10.2. The van der Waals surface area contributed by atoms with Crippen LogP contribution in [0.15, 0.2) is 9.98 Å². The third-order valence-electron chi connectivity index (χ3n) is 1.99. The molecule has 4 nitrogen and oxygen atoms in total. The minimum absolute atomic E-state index is 0. The zero-order chi connectivity index (χ0) is 20.0. The Balaban J connectivity index is -0.000000372. The van der Waals surface area contributed by atoms with Crippen molar-refractivity contribution in [1.29, 1.82) is 0 Å². The van der Waals surface area contributed by atoms with Crippen molar-refractivity contribution in [2.75, 3.05) is 0 Å². The van der Waals surface area contributed by atoms with Crippen molar-refractivity contribution in [2.45, 2.75) is 119 Å². The van der Waals surface area contributed by atoms with Crippen molar-refractivity contribution < 1.29 is 16.8 Å². The first-order valence-electron chi connectivity index (χ1n) is 8.79. The predicted octanol–water partition coefficient (Wildman–Crippen LogP) is 6.75. The molecule has 0 saturated heterocycles. The first-order chi connectivity index (χ1) is 10.2. The van der Waals surface area contributed by atoms with Crippen molar-refractivity contribution in [2.24, 2.45) is 9.98 Å². The summed E-state index contributed by atoms with van der Waals surface area (Å²) in [4.78, 5) is 8.89. The van der Waals surface area contributed by atoms with Crippen molar-refractivity contribution in [3.8, 4) is 0 Å². The van der Waals surface area contributed by atoms with Gasteiger partial charge in [0.15, 0.2) is 0 Å². The van der Waals surface area contributed by atoms with Gasteiger partial charge in [0.05, 0.1) is 0 Å². The molecule has 0 aliphatic carbocycles. The van der Waals surface area contributed by atoms with Crippen molar-refractivity contribution in [3.05, 3.63) is 10.6 Å². The molecule has 0 aromatic rings. The van der Waals surface area contributed by atoms with E-state index in [0.29, 0.717) is 0 Å². The van der Waals surface area contributed by atoms with Gasteiger partial charge in [-0.15, -0.1) is 0 Å². The molecule has 0 unspecified atom stereocenters. The van der Waals surface area contributed by atoms with Gasteiger partial charge in [-0.1, -0.05) is 94.8 Å². The van der Waals surface area contributed by atoms with E-state index in [4.69, 9.17) is 0 Å². The zero-order valence-electron chi connectivity index (χ0n) is 19.1. The molecule has 0 aliphatic heterocycles. The predicted molar refractivity (Wildman–Crippen MR) is 112 cm³/mol. The molecule has 0 bridgehead atoms. The Morgan fingerprint density at radius 3 is 0.840 bits per heavy atom. The molecule has 5 heteroatoms. The van der Waals surface area contributed by atoms with E-state index < -0.39 is 0 Å². The standard InChI is InChI=1S/2C10H21N2.Co/c2*1-8(11-9(2,3)4)12-10(5,6)7;/h2*1-7H3;/q2*-1;+2. The topological polar surface area (TPSA) is 52.9 Å². The zero-order valence-corrected chi connectivity index (χ0v) is 20.2. The van der Waals surface area contributed by atoms with Gasteiger partial charge in [-0.3, -0.25) is 0 Å². The van der Waals surface area contributed by atoms with Crippen LogP contribution >= 0.6 is 0 Å². The maximum Gasteiger partial charge on any atom is 2.00 e. The smallest absolute Gasteiger partial charge is 0.464 e. The summed E-state index contributed by atoms with van der Waals surface area (Å²) in [5.41, 5.74) is -0.0602. The fraction of sp³-hybridized carbons (Fsp3) is 0.900. The second-order valence-corrected chi connectivity index (χ2v) is 10.2. The molecule has 0 aromatic carbocycles. The largest absolute Gasteiger partial charge is 2.00 e. The van der Waals surface area contributed by atoms with E-state index in [9.17, 15) is 0 Å². The molecule has 0 spiro atoms. The summed E-state index contributed by atoms with van der Waals surface area (Å²) in [7, 11) is 0. The Labute approximate surface area is 168 Å². The van der Waals surface area contributed by atoms with Crippen LogP contribution in [0.5, 0.6) is 0 Å². The van der Waals surface area contributed by atoms with E-state index >= 15 is 0 Å². The van der Waals surface area contributed by atoms with Crippen LogP contribution in [-0.2, 0) is 16.8 Å². The number of amidine groups is 2. The molecule has 0 aliphatic rings. The minimum Gasteiger partial charge on any atom is -0.464 e. The van der Waals surface area contributed by atoms with Gasteiger partial charge >= 0.3 is 16.8 Å². The molecule has 0 amide bonds. The maximum atomic E-state index is 4.44.